The van der Waals surface area contributed by atoms with Gasteiger partial charge in [0.1, 0.15) is 18.9 Å². The van der Waals surface area contributed by atoms with Crippen LogP contribution in [-0.4, -0.2) is 42.8 Å². The maximum absolute atomic E-state index is 6.26. The molecule has 1 fully saturated rings. The molecule has 2 aromatic rings. The summed E-state index contributed by atoms with van der Waals surface area (Å²) in [6.45, 7) is 6.32. The number of piperidine rings is 1. The van der Waals surface area contributed by atoms with E-state index in [1.54, 1.807) is 0 Å². The van der Waals surface area contributed by atoms with Gasteiger partial charge in [0.05, 0.1) is 30.7 Å². The number of aromatic nitrogens is 1. The number of nitrogens with zero attached hydrogens (tertiary/aromatic N) is 2. The zero-order valence-electron chi connectivity index (χ0n) is 13.4. The van der Waals surface area contributed by atoms with E-state index in [0.717, 1.165) is 40.0 Å². The third-order valence-electron chi connectivity index (χ3n) is 4.66. The smallest absolute Gasteiger partial charge is 0.137 e. The normalized spacial score (nSPS) is 17.6. The van der Waals surface area contributed by atoms with E-state index in [1.165, 1.54) is 32.4 Å². The van der Waals surface area contributed by atoms with Crippen molar-refractivity contribution in [1.82, 2.24) is 4.98 Å². The number of pyridine rings is 1. The quantitative estimate of drug-likeness (QED) is 0.788. The van der Waals surface area contributed by atoms with Crippen molar-refractivity contribution in [3.8, 4) is 5.75 Å². The number of ether oxygens (including phenoxy) is 1. The molecule has 2 heterocycles. The number of halogens is 1. The van der Waals surface area contributed by atoms with Crippen LogP contribution in [0, 0.1) is 6.92 Å². The third-order valence-corrected chi connectivity index (χ3v) is 4.97. The molecular formula is C18H24ClN2O+. The van der Waals surface area contributed by atoms with Crippen molar-refractivity contribution in [2.75, 3.05) is 33.3 Å². The average molecular weight is 320 g/mol. The molecule has 0 radical (unpaired) electrons. The number of fused-ring (bicyclic) bond motifs is 1. The second kappa shape index (κ2) is 6.43. The predicted molar refractivity (Wildman–Crippen MR) is 91.6 cm³/mol. The minimum Gasteiger partial charge on any atom is -0.487 e. The van der Waals surface area contributed by atoms with E-state index in [9.17, 15) is 0 Å². The molecule has 1 aromatic heterocycles. The number of quaternary nitrogens is 1. The molecular weight excluding hydrogens is 296 g/mol. The summed E-state index contributed by atoms with van der Waals surface area (Å²) < 4.78 is 7.24. The Balaban J connectivity index is 1.75. The first-order valence-corrected chi connectivity index (χ1v) is 8.47. The first-order valence-electron chi connectivity index (χ1n) is 8.10. The van der Waals surface area contributed by atoms with Gasteiger partial charge in [0.2, 0.25) is 0 Å². The van der Waals surface area contributed by atoms with Crippen molar-refractivity contribution in [2.24, 2.45) is 0 Å². The Labute approximate surface area is 137 Å². The molecule has 0 amide bonds. The van der Waals surface area contributed by atoms with Crippen LogP contribution in [0.15, 0.2) is 24.3 Å². The van der Waals surface area contributed by atoms with Gasteiger partial charge < -0.3 is 9.22 Å². The van der Waals surface area contributed by atoms with E-state index < -0.39 is 0 Å². The molecule has 0 spiro atoms. The fourth-order valence-electron chi connectivity index (χ4n) is 3.30. The Bertz CT molecular complexity index is 665. The van der Waals surface area contributed by atoms with Gasteiger partial charge in [0.25, 0.3) is 0 Å². The van der Waals surface area contributed by atoms with Crippen LogP contribution < -0.4 is 4.74 Å². The molecule has 1 saturated heterocycles. The van der Waals surface area contributed by atoms with Crippen LogP contribution >= 0.6 is 11.6 Å². The van der Waals surface area contributed by atoms with Crippen LogP contribution in [0.5, 0.6) is 5.75 Å². The van der Waals surface area contributed by atoms with Crippen LogP contribution in [0.3, 0.4) is 0 Å². The summed E-state index contributed by atoms with van der Waals surface area (Å²) in [4.78, 5) is 4.53. The van der Waals surface area contributed by atoms with Gasteiger partial charge in [-0.3, -0.25) is 4.98 Å². The van der Waals surface area contributed by atoms with Crippen molar-refractivity contribution in [3.63, 3.8) is 0 Å². The fraction of sp³-hybridized carbons (Fsp3) is 0.500. The first kappa shape index (κ1) is 15.6. The number of aryl methyl sites for hydroxylation is 1. The van der Waals surface area contributed by atoms with E-state index in [4.69, 9.17) is 16.3 Å². The van der Waals surface area contributed by atoms with Gasteiger partial charge in [0.15, 0.2) is 0 Å². The van der Waals surface area contributed by atoms with Gasteiger partial charge in [-0.2, -0.15) is 0 Å². The molecule has 0 saturated carbocycles. The van der Waals surface area contributed by atoms with Crippen molar-refractivity contribution >= 4 is 22.5 Å². The summed E-state index contributed by atoms with van der Waals surface area (Å²) in [5.41, 5.74) is 1.77. The van der Waals surface area contributed by atoms with Gasteiger partial charge >= 0.3 is 0 Å². The minimum absolute atomic E-state index is 0.682. The SMILES string of the molecule is Cc1cc(OCC[N+]2(C)CCCCC2)c2cccc(Cl)c2n1. The molecule has 0 bridgehead atoms. The number of benzene rings is 1. The van der Waals surface area contributed by atoms with Gasteiger partial charge in [0, 0.05) is 17.1 Å². The average Bonchev–Trinajstić information content (AvgIpc) is 2.49. The number of likely N-dealkylation sites (N-methyl/N-ethyl adjacent to an activating group) is 1. The molecule has 3 nitrogen and oxygen atoms in total. The van der Waals surface area contributed by atoms with Crippen LogP contribution in [0.25, 0.3) is 10.9 Å². The highest BCUT2D eigenvalue weighted by Crippen LogP contribution is 2.30. The van der Waals surface area contributed by atoms with Crippen molar-refractivity contribution < 1.29 is 9.22 Å². The summed E-state index contributed by atoms with van der Waals surface area (Å²) >= 11 is 6.26. The standard InChI is InChI=1S/C18H24ClN2O/c1-14-13-17(15-7-6-8-16(19)18(15)20-14)22-12-11-21(2)9-4-3-5-10-21/h6-8,13H,3-5,9-12H2,1-2H3/q+1. The maximum Gasteiger partial charge on any atom is 0.137 e. The van der Waals surface area contributed by atoms with Crippen molar-refractivity contribution in [3.05, 3.63) is 35.0 Å². The molecule has 1 aromatic carbocycles. The Morgan fingerprint density at radius 1 is 1.23 bits per heavy atom. The topological polar surface area (TPSA) is 22.1 Å². The Morgan fingerprint density at radius 2 is 2.00 bits per heavy atom. The van der Waals surface area contributed by atoms with Crippen LogP contribution in [0.2, 0.25) is 5.02 Å². The maximum atomic E-state index is 6.26. The first-order chi connectivity index (χ1) is 10.6. The number of likely N-dealkylation sites (tertiary alicyclic amines) is 1. The molecule has 0 unspecified atom stereocenters. The molecule has 3 rings (SSSR count). The van der Waals surface area contributed by atoms with E-state index in [0.29, 0.717) is 5.02 Å². The lowest BCUT2D eigenvalue weighted by Crippen LogP contribution is -2.50. The third kappa shape index (κ3) is 3.36. The number of rotatable bonds is 4. The highest BCUT2D eigenvalue weighted by atomic mass is 35.5. The summed E-state index contributed by atoms with van der Waals surface area (Å²) in [7, 11) is 2.34. The largest absolute Gasteiger partial charge is 0.487 e. The predicted octanol–water partition coefficient (Wildman–Crippen LogP) is 4.21. The molecule has 1 aliphatic heterocycles. The highest BCUT2D eigenvalue weighted by molar-refractivity contribution is 6.35. The lowest BCUT2D eigenvalue weighted by atomic mass is 10.1. The molecule has 0 aliphatic carbocycles. The monoisotopic (exact) mass is 319 g/mol. The van der Waals surface area contributed by atoms with Gasteiger partial charge in [-0.1, -0.05) is 17.7 Å². The van der Waals surface area contributed by atoms with E-state index >= 15 is 0 Å². The molecule has 22 heavy (non-hydrogen) atoms. The molecule has 118 valence electrons. The molecule has 0 N–H and O–H groups in total. The van der Waals surface area contributed by atoms with Crippen LogP contribution in [0.1, 0.15) is 25.0 Å². The summed E-state index contributed by atoms with van der Waals surface area (Å²) in [5, 5.41) is 1.68. The van der Waals surface area contributed by atoms with Crippen LogP contribution in [0.4, 0.5) is 0 Å². The molecule has 0 atom stereocenters. The Hall–Kier alpha value is -1.32. The zero-order valence-corrected chi connectivity index (χ0v) is 14.2. The van der Waals surface area contributed by atoms with Gasteiger partial charge in [-0.15, -0.1) is 0 Å². The molecule has 1 aliphatic rings. The van der Waals surface area contributed by atoms with E-state index in [-0.39, 0.29) is 0 Å². The summed E-state index contributed by atoms with van der Waals surface area (Å²) in [6, 6.07) is 7.86. The fourth-order valence-corrected chi connectivity index (χ4v) is 3.52. The van der Waals surface area contributed by atoms with Crippen molar-refractivity contribution in [2.45, 2.75) is 26.2 Å². The van der Waals surface area contributed by atoms with Gasteiger partial charge in [-0.25, -0.2) is 0 Å². The number of hydrogen-bond donors (Lipinski definition) is 0. The lowest BCUT2D eigenvalue weighted by molar-refractivity contribution is -0.914. The molecule has 4 heteroatoms. The zero-order chi connectivity index (χ0) is 15.6. The summed E-state index contributed by atoms with van der Waals surface area (Å²) in [6.07, 6.45) is 4.05. The van der Waals surface area contributed by atoms with E-state index in [2.05, 4.69) is 12.0 Å². The second-order valence-electron chi connectivity index (χ2n) is 6.60. The minimum atomic E-state index is 0.682. The van der Waals surface area contributed by atoms with Crippen molar-refractivity contribution in [1.29, 1.82) is 0 Å². The van der Waals surface area contributed by atoms with E-state index in [1.807, 2.05) is 31.2 Å². The second-order valence-corrected chi connectivity index (χ2v) is 7.00. The number of para-hydroxylation sites is 1. The number of hydrogen-bond acceptors (Lipinski definition) is 2. The Kier molecular flexibility index (Phi) is 4.55. The summed E-state index contributed by atoms with van der Waals surface area (Å²) in [5.74, 6) is 0.897. The highest BCUT2D eigenvalue weighted by Gasteiger charge is 2.24. The Morgan fingerprint density at radius 3 is 2.77 bits per heavy atom. The lowest BCUT2D eigenvalue weighted by Gasteiger charge is -2.37. The van der Waals surface area contributed by atoms with Crippen LogP contribution in [-0.2, 0) is 0 Å². The van der Waals surface area contributed by atoms with Gasteiger partial charge in [-0.05, 0) is 38.3 Å².